The molecule has 2 saturated heterocycles. The summed E-state index contributed by atoms with van der Waals surface area (Å²) in [6, 6.07) is 0.965. The number of piperidine rings is 1. The van der Waals surface area contributed by atoms with Crippen LogP contribution in [0.3, 0.4) is 0 Å². The average molecular weight is 318 g/mol. The van der Waals surface area contributed by atoms with E-state index in [2.05, 4.69) is 5.32 Å². The van der Waals surface area contributed by atoms with E-state index < -0.39 is 16.0 Å². The summed E-state index contributed by atoms with van der Waals surface area (Å²) in [4.78, 5) is 11.4. The van der Waals surface area contributed by atoms with E-state index in [1.807, 2.05) is 6.92 Å². The maximum Gasteiger partial charge on any atom is 0.306 e. The largest absolute Gasteiger partial charge is 0.466 e. The Labute approximate surface area is 127 Å². The molecule has 0 aliphatic carbocycles. The summed E-state index contributed by atoms with van der Waals surface area (Å²) in [6.45, 7) is 4.34. The van der Waals surface area contributed by atoms with Crippen LogP contribution < -0.4 is 5.32 Å². The Bertz CT molecular complexity index is 454. The van der Waals surface area contributed by atoms with Crippen LogP contribution in [-0.4, -0.2) is 55.7 Å². The van der Waals surface area contributed by atoms with Crippen LogP contribution in [0.15, 0.2) is 0 Å². The van der Waals surface area contributed by atoms with Crippen LogP contribution in [-0.2, 0) is 19.6 Å². The third-order valence-electron chi connectivity index (χ3n) is 4.39. The molecule has 2 fully saturated rings. The molecule has 0 radical (unpaired) electrons. The maximum absolute atomic E-state index is 12.5. The van der Waals surface area contributed by atoms with Crippen molar-refractivity contribution in [2.45, 2.75) is 64.1 Å². The van der Waals surface area contributed by atoms with Gasteiger partial charge in [-0.1, -0.05) is 6.92 Å². The Balaban J connectivity index is 1.97. The number of hydrogen-bond donors (Lipinski definition) is 1. The van der Waals surface area contributed by atoms with Crippen LogP contribution in [0.4, 0.5) is 0 Å². The molecule has 6 nitrogen and oxygen atoms in total. The number of nitrogens with one attached hydrogen (secondary N) is 1. The molecule has 1 N–H and O–H groups in total. The van der Waals surface area contributed by atoms with Crippen LogP contribution >= 0.6 is 0 Å². The number of rotatable bonds is 7. The molecule has 0 amide bonds. The monoisotopic (exact) mass is 318 g/mol. The third kappa shape index (κ3) is 4.17. The van der Waals surface area contributed by atoms with Crippen molar-refractivity contribution < 1.29 is 17.9 Å². The first kappa shape index (κ1) is 16.7. The molecule has 2 aliphatic rings. The van der Waals surface area contributed by atoms with E-state index >= 15 is 0 Å². The number of ether oxygens (including phenoxy) is 1. The zero-order chi connectivity index (χ0) is 15.5. The molecule has 2 bridgehead atoms. The van der Waals surface area contributed by atoms with Gasteiger partial charge < -0.3 is 10.1 Å². The number of hydrogen-bond acceptors (Lipinski definition) is 5. The average Bonchev–Trinajstić information content (AvgIpc) is 2.76. The van der Waals surface area contributed by atoms with Crippen molar-refractivity contribution in [2.75, 3.05) is 18.9 Å². The lowest BCUT2D eigenvalue weighted by atomic mass is 10.00. The van der Waals surface area contributed by atoms with Gasteiger partial charge in [-0.15, -0.1) is 0 Å². The van der Waals surface area contributed by atoms with Gasteiger partial charge in [0.05, 0.1) is 18.8 Å². The molecule has 2 unspecified atom stereocenters. The van der Waals surface area contributed by atoms with Gasteiger partial charge in [-0.05, 0) is 32.6 Å². The van der Waals surface area contributed by atoms with E-state index in [-0.39, 0.29) is 24.8 Å². The Morgan fingerprint density at radius 1 is 1.24 bits per heavy atom. The Kier molecular flexibility index (Phi) is 5.62. The van der Waals surface area contributed by atoms with Gasteiger partial charge in [0.1, 0.15) is 0 Å². The van der Waals surface area contributed by atoms with E-state index in [9.17, 15) is 13.2 Å². The number of sulfonamides is 1. The summed E-state index contributed by atoms with van der Waals surface area (Å²) >= 11 is 0. The van der Waals surface area contributed by atoms with Crippen LogP contribution in [0.2, 0.25) is 0 Å². The van der Waals surface area contributed by atoms with Crippen LogP contribution in [0.25, 0.3) is 0 Å². The Morgan fingerprint density at radius 2 is 1.86 bits per heavy atom. The van der Waals surface area contributed by atoms with Crippen molar-refractivity contribution in [3.63, 3.8) is 0 Å². The summed E-state index contributed by atoms with van der Waals surface area (Å²) in [7, 11) is -3.40. The van der Waals surface area contributed by atoms with E-state index in [1.165, 1.54) is 0 Å². The number of carbonyl (C=O) groups is 1. The molecule has 2 aliphatic heterocycles. The van der Waals surface area contributed by atoms with Gasteiger partial charge in [0.2, 0.25) is 10.0 Å². The maximum atomic E-state index is 12.5. The molecule has 7 heteroatoms. The minimum absolute atomic E-state index is 0.0650. The molecule has 122 valence electrons. The predicted octanol–water partition coefficient (Wildman–Crippen LogP) is 0.874. The quantitative estimate of drug-likeness (QED) is 0.705. The van der Waals surface area contributed by atoms with Crippen LogP contribution in [0, 0.1) is 0 Å². The Hall–Kier alpha value is -0.660. The molecule has 0 saturated carbocycles. The van der Waals surface area contributed by atoms with Crippen LogP contribution in [0.5, 0.6) is 0 Å². The first-order valence-corrected chi connectivity index (χ1v) is 9.48. The lowest BCUT2D eigenvalue weighted by Gasteiger charge is -2.36. The molecule has 0 aromatic heterocycles. The number of carbonyl (C=O) groups excluding carboxylic acids is 1. The summed E-state index contributed by atoms with van der Waals surface area (Å²) < 4.78 is 31.4. The molecule has 2 heterocycles. The van der Waals surface area contributed by atoms with Crippen molar-refractivity contribution in [1.82, 2.24) is 9.62 Å². The SMILES string of the molecule is CCOC(=O)CCS(=O)(=O)N(CC)C1CC2CCC(C1)N2. The van der Waals surface area contributed by atoms with Crippen molar-refractivity contribution in [3.05, 3.63) is 0 Å². The smallest absolute Gasteiger partial charge is 0.306 e. The summed E-state index contributed by atoms with van der Waals surface area (Å²) in [6.07, 6.45) is 3.97. The minimum atomic E-state index is -3.40. The van der Waals surface area contributed by atoms with Crippen LogP contribution in [0.1, 0.15) is 46.0 Å². The molecule has 0 spiro atoms. The first-order chi connectivity index (χ1) is 9.96. The zero-order valence-corrected chi connectivity index (χ0v) is 13.7. The van der Waals surface area contributed by atoms with E-state index in [1.54, 1.807) is 11.2 Å². The van der Waals surface area contributed by atoms with E-state index in [4.69, 9.17) is 4.74 Å². The first-order valence-electron chi connectivity index (χ1n) is 7.87. The molecule has 0 aromatic rings. The van der Waals surface area contributed by atoms with Gasteiger partial charge in [0, 0.05) is 24.7 Å². The number of nitrogens with zero attached hydrogens (tertiary/aromatic N) is 1. The van der Waals surface area contributed by atoms with Crippen molar-refractivity contribution in [2.24, 2.45) is 0 Å². The molecule has 0 aromatic carbocycles. The van der Waals surface area contributed by atoms with Crippen molar-refractivity contribution >= 4 is 16.0 Å². The highest BCUT2D eigenvalue weighted by molar-refractivity contribution is 7.89. The highest BCUT2D eigenvalue weighted by atomic mass is 32.2. The van der Waals surface area contributed by atoms with E-state index in [0.717, 1.165) is 25.7 Å². The van der Waals surface area contributed by atoms with Gasteiger partial charge >= 0.3 is 5.97 Å². The zero-order valence-electron chi connectivity index (χ0n) is 12.9. The molecule has 21 heavy (non-hydrogen) atoms. The topological polar surface area (TPSA) is 75.7 Å². The summed E-state index contributed by atoms with van der Waals surface area (Å²) in [5.74, 6) is -0.596. The third-order valence-corrected chi connectivity index (χ3v) is 6.38. The van der Waals surface area contributed by atoms with Gasteiger partial charge in [-0.2, -0.15) is 4.31 Å². The normalized spacial score (nSPS) is 28.8. The van der Waals surface area contributed by atoms with Gasteiger partial charge in [0.25, 0.3) is 0 Å². The van der Waals surface area contributed by atoms with Gasteiger partial charge in [-0.3, -0.25) is 4.79 Å². The highest BCUT2D eigenvalue weighted by Gasteiger charge is 2.39. The second-order valence-corrected chi connectivity index (χ2v) is 7.88. The fourth-order valence-corrected chi connectivity index (χ4v) is 5.19. The lowest BCUT2D eigenvalue weighted by Crippen LogP contribution is -2.50. The molecular formula is C14H26N2O4S. The summed E-state index contributed by atoms with van der Waals surface area (Å²) in [5, 5.41) is 3.52. The number of fused-ring (bicyclic) bond motifs is 2. The molecular weight excluding hydrogens is 292 g/mol. The Morgan fingerprint density at radius 3 is 2.38 bits per heavy atom. The second-order valence-electron chi connectivity index (χ2n) is 5.84. The summed E-state index contributed by atoms with van der Waals surface area (Å²) in [5.41, 5.74) is 0. The second kappa shape index (κ2) is 7.07. The standard InChI is InChI=1S/C14H26N2O4S/c1-3-16(13-9-11-5-6-12(10-13)15-11)21(18,19)8-7-14(17)20-4-2/h11-13,15H,3-10H2,1-2H3. The minimum Gasteiger partial charge on any atom is -0.466 e. The fraction of sp³-hybridized carbons (Fsp3) is 0.929. The molecule has 2 atom stereocenters. The van der Waals surface area contributed by atoms with Crippen molar-refractivity contribution in [1.29, 1.82) is 0 Å². The molecule has 2 rings (SSSR count). The van der Waals surface area contributed by atoms with Gasteiger partial charge in [0.15, 0.2) is 0 Å². The fourth-order valence-electron chi connectivity index (χ4n) is 3.51. The number of esters is 1. The predicted molar refractivity (Wildman–Crippen MR) is 80.4 cm³/mol. The van der Waals surface area contributed by atoms with Crippen molar-refractivity contribution in [3.8, 4) is 0 Å². The lowest BCUT2D eigenvalue weighted by molar-refractivity contribution is -0.142. The van der Waals surface area contributed by atoms with E-state index in [0.29, 0.717) is 18.6 Å². The van der Waals surface area contributed by atoms with Gasteiger partial charge in [-0.25, -0.2) is 8.42 Å². The highest BCUT2D eigenvalue weighted by Crippen LogP contribution is 2.31.